The summed E-state index contributed by atoms with van der Waals surface area (Å²) < 4.78 is 10.2. The molecule has 1 atom stereocenters. The molecule has 4 nitrogen and oxygen atoms in total. The number of hydrogen-bond acceptors (Lipinski definition) is 4. The van der Waals surface area contributed by atoms with Crippen molar-refractivity contribution in [3.05, 3.63) is 35.4 Å². The van der Waals surface area contributed by atoms with Gasteiger partial charge in [-0.1, -0.05) is 13.8 Å². The molecule has 0 N–H and O–H groups in total. The minimum atomic E-state index is -0.454. The molecule has 22 heavy (non-hydrogen) atoms. The highest BCUT2D eigenvalue weighted by Gasteiger charge is 2.11. The van der Waals surface area contributed by atoms with Crippen molar-refractivity contribution in [3.8, 4) is 0 Å². The fourth-order valence-electron chi connectivity index (χ4n) is 1.76. The van der Waals surface area contributed by atoms with Crippen molar-refractivity contribution in [2.75, 3.05) is 13.2 Å². The fourth-order valence-corrected chi connectivity index (χ4v) is 1.82. The summed E-state index contributed by atoms with van der Waals surface area (Å²) in [6.45, 7) is 6.57. The zero-order chi connectivity index (χ0) is 16.5. The molecule has 0 aliphatic rings. The normalized spacial score (nSPS) is 12.0. The summed E-state index contributed by atoms with van der Waals surface area (Å²) in [7, 11) is 0. The molecule has 0 amide bonds. The predicted molar refractivity (Wildman–Crippen MR) is 86.4 cm³/mol. The van der Waals surface area contributed by atoms with Gasteiger partial charge >= 0.3 is 11.9 Å². The van der Waals surface area contributed by atoms with Crippen LogP contribution in [0.25, 0.3) is 0 Å². The van der Waals surface area contributed by atoms with E-state index in [1.807, 2.05) is 0 Å². The van der Waals surface area contributed by atoms with E-state index in [1.54, 1.807) is 31.2 Å². The van der Waals surface area contributed by atoms with E-state index in [1.165, 1.54) is 0 Å². The Kier molecular flexibility index (Phi) is 7.96. The van der Waals surface area contributed by atoms with E-state index in [-0.39, 0.29) is 18.0 Å². The van der Waals surface area contributed by atoms with Gasteiger partial charge in [0, 0.05) is 0 Å². The predicted octanol–water partition coefficient (Wildman–Crippen LogP) is 4.06. The standard InChI is InChI=1S/C17H23ClO4/c1-12(2)5-4-10-21-16(19)14-6-8-15(9-7-14)17(20)22-11-13(3)18/h6-9,12-13H,4-5,10-11H2,1-3H3. The van der Waals surface area contributed by atoms with Gasteiger partial charge in [-0.05, 0) is 49.9 Å². The van der Waals surface area contributed by atoms with Gasteiger partial charge in [0.05, 0.1) is 23.1 Å². The van der Waals surface area contributed by atoms with Gasteiger partial charge in [0.2, 0.25) is 0 Å². The molecule has 5 heteroatoms. The van der Waals surface area contributed by atoms with E-state index in [0.717, 1.165) is 12.8 Å². The van der Waals surface area contributed by atoms with Crippen LogP contribution in [0.3, 0.4) is 0 Å². The number of halogens is 1. The zero-order valence-corrected chi connectivity index (χ0v) is 14.1. The SMILES string of the molecule is CC(C)CCCOC(=O)c1ccc(C(=O)OCC(C)Cl)cc1. The minimum Gasteiger partial charge on any atom is -0.462 e. The van der Waals surface area contributed by atoms with Crippen molar-refractivity contribution in [2.24, 2.45) is 5.92 Å². The fraction of sp³-hybridized carbons (Fsp3) is 0.529. The van der Waals surface area contributed by atoms with Crippen LogP contribution in [0.5, 0.6) is 0 Å². The van der Waals surface area contributed by atoms with Crippen LogP contribution in [-0.4, -0.2) is 30.5 Å². The first-order valence-corrected chi connectivity index (χ1v) is 7.92. The van der Waals surface area contributed by atoms with E-state index in [2.05, 4.69) is 13.8 Å². The summed E-state index contributed by atoms with van der Waals surface area (Å²) in [5.41, 5.74) is 0.806. The van der Waals surface area contributed by atoms with Crippen molar-refractivity contribution >= 4 is 23.5 Å². The Morgan fingerprint density at radius 2 is 1.50 bits per heavy atom. The van der Waals surface area contributed by atoms with Gasteiger partial charge in [-0.15, -0.1) is 11.6 Å². The molecular formula is C17H23ClO4. The zero-order valence-electron chi connectivity index (χ0n) is 13.3. The molecule has 0 spiro atoms. The average Bonchev–Trinajstić information content (AvgIpc) is 2.49. The van der Waals surface area contributed by atoms with Crippen LogP contribution in [0.1, 0.15) is 54.3 Å². The number of rotatable bonds is 8. The molecule has 1 aromatic carbocycles. The van der Waals surface area contributed by atoms with Crippen molar-refractivity contribution in [2.45, 2.75) is 39.0 Å². The molecule has 1 unspecified atom stereocenters. The summed E-state index contributed by atoms with van der Waals surface area (Å²) in [6.07, 6.45) is 1.88. The third-order valence-corrected chi connectivity index (χ3v) is 3.09. The number of carbonyl (C=O) groups is 2. The van der Waals surface area contributed by atoms with Crippen LogP contribution >= 0.6 is 11.6 Å². The number of alkyl halides is 1. The maximum absolute atomic E-state index is 11.8. The van der Waals surface area contributed by atoms with Crippen molar-refractivity contribution in [1.29, 1.82) is 0 Å². The van der Waals surface area contributed by atoms with Gasteiger partial charge < -0.3 is 9.47 Å². The Morgan fingerprint density at radius 1 is 1.00 bits per heavy atom. The Labute approximate surface area is 136 Å². The lowest BCUT2D eigenvalue weighted by molar-refractivity contribution is 0.0486. The van der Waals surface area contributed by atoms with Gasteiger partial charge in [-0.3, -0.25) is 0 Å². The van der Waals surface area contributed by atoms with E-state index in [9.17, 15) is 9.59 Å². The maximum Gasteiger partial charge on any atom is 0.338 e. The lowest BCUT2D eigenvalue weighted by Gasteiger charge is -2.08. The van der Waals surface area contributed by atoms with Crippen LogP contribution < -0.4 is 0 Å². The third kappa shape index (κ3) is 6.94. The van der Waals surface area contributed by atoms with E-state index in [4.69, 9.17) is 21.1 Å². The number of carbonyl (C=O) groups excluding carboxylic acids is 2. The quantitative estimate of drug-likeness (QED) is 0.410. The van der Waals surface area contributed by atoms with Crippen molar-refractivity contribution < 1.29 is 19.1 Å². The molecule has 0 heterocycles. The summed E-state index contributed by atoms with van der Waals surface area (Å²) >= 11 is 5.72. The summed E-state index contributed by atoms with van der Waals surface area (Å²) in [5.74, 6) is -0.234. The van der Waals surface area contributed by atoms with Gasteiger partial charge in [0.1, 0.15) is 6.61 Å². The van der Waals surface area contributed by atoms with E-state index < -0.39 is 5.97 Å². The molecule has 0 fully saturated rings. The molecule has 1 aromatic rings. The van der Waals surface area contributed by atoms with Crippen molar-refractivity contribution in [3.63, 3.8) is 0 Å². The molecule has 0 aliphatic heterocycles. The molecule has 0 bridgehead atoms. The highest BCUT2D eigenvalue weighted by Crippen LogP contribution is 2.09. The number of esters is 2. The van der Waals surface area contributed by atoms with Crippen LogP contribution in [-0.2, 0) is 9.47 Å². The largest absolute Gasteiger partial charge is 0.462 e. The summed E-state index contributed by atoms with van der Waals surface area (Å²) in [6, 6.07) is 6.22. The van der Waals surface area contributed by atoms with Gasteiger partial charge in [0.25, 0.3) is 0 Å². The van der Waals surface area contributed by atoms with Gasteiger partial charge in [-0.2, -0.15) is 0 Å². The second kappa shape index (κ2) is 9.46. The lowest BCUT2D eigenvalue weighted by atomic mass is 10.1. The highest BCUT2D eigenvalue weighted by atomic mass is 35.5. The molecule has 0 radical (unpaired) electrons. The topological polar surface area (TPSA) is 52.6 Å². The molecule has 1 rings (SSSR count). The van der Waals surface area contributed by atoms with E-state index in [0.29, 0.717) is 23.7 Å². The Bertz CT molecular complexity index is 480. The van der Waals surface area contributed by atoms with Crippen molar-refractivity contribution in [1.82, 2.24) is 0 Å². The molecule has 0 saturated carbocycles. The second-order valence-electron chi connectivity index (χ2n) is 5.63. The first-order chi connectivity index (χ1) is 10.4. The second-order valence-corrected chi connectivity index (χ2v) is 6.37. The third-order valence-electron chi connectivity index (χ3n) is 2.96. The average molecular weight is 327 g/mol. The van der Waals surface area contributed by atoms with Crippen LogP contribution in [0, 0.1) is 5.92 Å². The maximum atomic E-state index is 11.8. The Morgan fingerprint density at radius 3 is 1.95 bits per heavy atom. The minimum absolute atomic E-state index is 0.153. The molecule has 0 saturated heterocycles. The van der Waals surface area contributed by atoms with Gasteiger partial charge in [-0.25, -0.2) is 9.59 Å². The molecule has 0 aliphatic carbocycles. The molecular weight excluding hydrogens is 304 g/mol. The number of hydrogen-bond donors (Lipinski definition) is 0. The Hall–Kier alpha value is -1.55. The van der Waals surface area contributed by atoms with Crippen LogP contribution in [0.2, 0.25) is 0 Å². The monoisotopic (exact) mass is 326 g/mol. The van der Waals surface area contributed by atoms with Crippen LogP contribution in [0.15, 0.2) is 24.3 Å². The number of benzene rings is 1. The first-order valence-electron chi connectivity index (χ1n) is 7.48. The van der Waals surface area contributed by atoms with Crippen LogP contribution in [0.4, 0.5) is 0 Å². The summed E-state index contributed by atoms with van der Waals surface area (Å²) in [5, 5.41) is -0.232. The number of ether oxygens (including phenoxy) is 2. The summed E-state index contributed by atoms with van der Waals surface area (Å²) in [4.78, 5) is 23.5. The highest BCUT2D eigenvalue weighted by molar-refractivity contribution is 6.20. The van der Waals surface area contributed by atoms with Gasteiger partial charge in [0.15, 0.2) is 0 Å². The molecule has 122 valence electrons. The Balaban J connectivity index is 2.46. The lowest BCUT2D eigenvalue weighted by Crippen LogP contribution is -2.12. The van der Waals surface area contributed by atoms with E-state index >= 15 is 0 Å². The first kappa shape index (κ1) is 18.5. The smallest absolute Gasteiger partial charge is 0.338 e. The molecule has 0 aromatic heterocycles.